The zero-order valence-corrected chi connectivity index (χ0v) is 8.87. The Labute approximate surface area is 74.5 Å². The zero-order chi connectivity index (χ0) is 8.91. The van der Waals surface area contributed by atoms with E-state index in [1.54, 1.807) is 11.8 Å². The molecule has 0 saturated carbocycles. The molecule has 0 unspecified atom stereocenters. The Morgan fingerprint density at radius 3 is 2.27 bits per heavy atom. The molecule has 3 heteroatoms. The van der Waals surface area contributed by atoms with E-state index in [0.29, 0.717) is 0 Å². The molecule has 2 N–H and O–H groups in total. The molecule has 0 amide bonds. The molecule has 0 rings (SSSR count). The topological polar surface area (TPSA) is 29.3 Å². The fraction of sp³-hybridized carbons (Fsp3) is 1.00. The van der Waals surface area contributed by atoms with Crippen LogP contribution in [0.15, 0.2) is 0 Å². The van der Waals surface area contributed by atoms with Gasteiger partial charge in [-0.25, -0.2) is 0 Å². The van der Waals surface area contributed by atoms with Crippen LogP contribution in [0.3, 0.4) is 0 Å². The van der Waals surface area contributed by atoms with Crippen LogP contribution in [-0.4, -0.2) is 35.7 Å². The third-order valence-electron chi connectivity index (χ3n) is 1.83. The summed E-state index contributed by atoms with van der Waals surface area (Å²) in [6, 6.07) is 0. The summed E-state index contributed by atoms with van der Waals surface area (Å²) in [6.07, 6.45) is 0. The molecule has 0 fully saturated rings. The van der Waals surface area contributed by atoms with Crippen LogP contribution in [0, 0.1) is 0 Å². The largest absolute Gasteiger partial charge is 0.322 e. The van der Waals surface area contributed by atoms with Gasteiger partial charge < -0.3 is 10.6 Å². The van der Waals surface area contributed by atoms with Gasteiger partial charge in [-0.3, -0.25) is 0 Å². The third-order valence-corrected chi connectivity index (χ3v) is 2.54. The molecule has 0 aliphatic heterocycles. The highest BCUT2D eigenvalue weighted by atomic mass is 32.2. The first-order valence-corrected chi connectivity index (χ1v) is 5.13. The second-order valence-electron chi connectivity index (χ2n) is 3.67. The molecular weight excluding hydrogens is 156 g/mol. The minimum absolute atomic E-state index is 0.287. The van der Waals surface area contributed by atoms with Crippen LogP contribution in [0.4, 0.5) is 0 Å². The van der Waals surface area contributed by atoms with E-state index in [9.17, 15) is 0 Å². The smallest absolute Gasteiger partial charge is 0.0393 e. The molecule has 0 aliphatic rings. The Balaban J connectivity index is 3.44. The van der Waals surface area contributed by atoms with E-state index in [2.05, 4.69) is 32.7 Å². The van der Waals surface area contributed by atoms with Crippen molar-refractivity contribution in [1.29, 1.82) is 0 Å². The SMILES string of the molecule is CN(CCSCN)C(C)(C)C. The summed E-state index contributed by atoms with van der Waals surface area (Å²) in [5.41, 5.74) is 5.66. The molecule has 0 radical (unpaired) electrons. The van der Waals surface area contributed by atoms with Crippen molar-refractivity contribution in [2.45, 2.75) is 26.3 Å². The summed E-state index contributed by atoms with van der Waals surface area (Å²) < 4.78 is 0. The molecule has 0 heterocycles. The molecule has 0 aromatic heterocycles. The quantitative estimate of drug-likeness (QED) is 0.518. The van der Waals surface area contributed by atoms with Crippen molar-refractivity contribution in [1.82, 2.24) is 4.90 Å². The number of hydrogen-bond donors (Lipinski definition) is 1. The van der Waals surface area contributed by atoms with Crippen LogP contribution >= 0.6 is 11.8 Å². The number of nitrogens with two attached hydrogens (primary N) is 1. The van der Waals surface area contributed by atoms with Gasteiger partial charge in [-0.05, 0) is 27.8 Å². The van der Waals surface area contributed by atoms with Crippen LogP contribution in [0.25, 0.3) is 0 Å². The maximum absolute atomic E-state index is 5.37. The summed E-state index contributed by atoms with van der Waals surface area (Å²) >= 11 is 1.79. The van der Waals surface area contributed by atoms with Crippen LogP contribution in [0.2, 0.25) is 0 Å². The van der Waals surface area contributed by atoms with Gasteiger partial charge in [-0.15, -0.1) is 11.8 Å². The zero-order valence-electron chi connectivity index (χ0n) is 8.05. The number of thioether (sulfide) groups is 1. The molecule has 0 spiro atoms. The summed E-state index contributed by atoms with van der Waals surface area (Å²) in [5, 5.41) is 0. The Bertz CT molecular complexity index is 98.8. The van der Waals surface area contributed by atoms with Crippen molar-refractivity contribution < 1.29 is 0 Å². The molecule has 0 bridgehead atoms. The molecule has 0 aromatic rings. The van der Waals surface area contributed by atoms with Gasteiger partial charge in [0.1, 0.15) is 0 Å². The van der Waals surface area contributed by atoms with Crippen molar-refractivity contribution in [2.24, 2.45) is 5.73 Å². The molecule has 2 nitrogen and oxygen atoms in total. The van der Waals surface area contributed by atoms with Crippen LogP contribution in [0.5, 0.6) is 0 Å². The molecule has 11 heavy (non-hydrogen) atoms. The lowest BCUT2D eigenvalue weighted by Crippen LogP contribution is -2.39. The van der Waals surface area contributed by atoms with Gasteiger partial charge >= 0.3 is 0 Å². The summed E-state index contributed by atoms with van der Waals surface area (Å²) in [6.45, 7) is 7.78. The first-order chi connectivity index (χ1) is 4.98. The average Bonchev–Trinajstić information content (AvgIpc) is 1.86. The lowest BCUT2D eigenvalue weighted by molar-refractivity contribution is 0.187. The van der Waals surface area contributed by atoms with Gasteiger partial charge in [-0.2, -0.15) is 0 Å². The van der Waals surface area contributed by atoms with Gasteiger partial charge in [-0.1, -0.05) is 0 Å². The second-order valence-corrected chi connectivity index (χ2v) is 4.82. The van der Waals surface area contributed by atoms with E-state index in [-0.39, 0.29) is 5.54 Å². The maximum Gasteiger partial charge on any atom is 0.0393 e. The highest BCUT2D eigenvalue weighted by molar-refractivity contribution is 7.99. The standard InChI is InChI=1S/C8H20N2S/c1-8(2,3)10(4)5-6-11-7-9/h5-7,9H2,1-4H3. The number of rotatable bonds is 4. The molecule has 0 atom stereocenters. The predicted octanol–water partition coefficient (Wildman–Crippen LogP) is 1.37. The fourth-order valence-corrected chi connectivity index (χ4v) is 1.19. The van der Waals surface area contributed by atoms with Gasteiger partial charge in [0.05, 0.1) is 0 Å². The summed E-state index contributed by atoms with van der Waals surface area (Å²) in [5.74, 6) is 1.86. The average molecular weight is 176 g/mol. The highest BCUT2D eigenvalue weighted by Crippen LogP contribution is 2.10. The Hall–Kier alpha value is 0.270. The van der Waals surface area contributed by atoms with Crippen molar-refractivity contribution in [3.8, 4) is 0 Å². The first kappa shape index (κ1) is 11.3. The minimum atomic E-state index is 0.287. The van der Waals surface area contributed by atoms with E-state index >= 15 is 0 Å². The van der Waals surface area contributed by atoms with E-state index in [1.165, 1.54) is 0 Å². The van der Waals surface area contributed by atoms with Crippen LogP contribution in [-0.2, 0) is 0 Å². The van der Waals surface area contributed by atoms with Crippen molar-refractivity contribution in [3.63, 3.8) is 0 Å². The van der Waals surface area contributed by atoms with Gasteiger partial charge in [0.2, 0.25) is 0 Å². The molecule has 0 aromatic carbocycles. The molecular formula is C8H20N2S. The van der Waals surface area contributed by atoms with Gasteiger partial charge in [0.25, 0.3) is 0 Å². The maximum atomic E-state index is 5.37. The van der Waals surface area contributed by atoms with Crippen molar-refractivity contribution in [3.05, 3.63) is 0 Å². The van der Waals surface area contributed by atoms with Crippen molar-refractivity contribution in [2.75, 3.05) is 25.2 Å². The lowest BCUT2D eigenvalue weighted by Gasteiger charge is -2.31. The lowest BCUT2D eigenvalue weighted by atomic mass is 10.1. The first-order valence-electron chi connectivity index (χ1n) is 3.97. The Morgan fingerprint density at radius 1 is 1.36 bits per heavy atom. The normalized spacial score (nSPS) is 12.5. The number of hydrogen-bond acceptors (Lipinski definition) is 3. The second kappa shape index (κ2) is 5.01. The fourth-order valence-electron chi connectivity index (χ4n) is 0.620. The molecule has 68 valence electrons. The monoisotopic (exact) mass is 176 g/mol. The third kappa shape index (κ3) is 5.53. The Kier molecular flexibility index (Phi) is 5.13. The predicted molar refractivity (Wildman–Crippen MR) is 53.9 cm³/mol. The Morgan fingerprint density at radius 2 is 1.91 bits per heavy atom. The van der Waals surface area contributed by atoms with E-state index in [0.717, 1.165) is 18.2 Å². The summed E-state index contributed by atoms with van der Waals surface area (Å²) in [4.78, 5) is 2.34. The van der Waals surface area contributed by atoms with Crippen LogP contribution < -0.4 is 5.73 Å². The highest BCUT2D eigenvalue weighted by Gasteiger charge is 2.15. The van der Waals surface area contributed by atoms with Crippen LogP contribution in [0.1, 0.15) is 20.8 Å². The van der Waals surface area contributed by atoms with Gasteiger partial charge in [0, 0.05) is 23.7 Å². The van der Waals surface area contributed by atoms with Crippen molar-refractivity contribution >= 4 is 11.8 Å². The van der Waals surface area contributed by atoms with E-state index in [4.69, 9.17) is 5.73 Å². The molecule has 0 aliphatic carbocycles. The number of nitrogens with zero attached hydrogens (tertiary/aromatic N) is 1. The summed E-state index contributed by atoms with van der Waals surface area (Å²) in [7, 11) is 2.15. The van der Waals surface area contributed by atoms with E-state index < -0.39 is 0 Å². The molecule has 0 saturated heterocycles. The van der Waals surface area contributed by atoms with E-state index in [1.807, 2.05) is 0 Å². The van der Waals surface area contributed by atoms with Gasteiger partial charge in [0.15, 0.2) is 0 Å². The minimum Gasteiger partial charge on any atom is -0.322 e.